The number of amides is 2. The first-order valence-electron chi connectivity index (χ1n) is 9.17. The van der Waals surface area contributed by atoms with E-state index >= 15 is 0 Å². The highest BCUT2D eigenvalue weighted by Crippen LogP contribution is 2.48. The number of nitrogens with zero attached hydrogens (tertiary/aromatic N) is 1. The van der Waals surface area contributed by atoms with Crippen LogP contribution in [0.1, 0.15) is 32.6 Å². The zero-order valence-corrected chi connectivity index (χ0v) is 16.1. The summed E-state index contributed by atoms with van der Waals surface area (Å²) >= 11 is 0. The van der Waals surface area contributed by atoms with Crippen molar-refractivity contribution in [2.45, 2.75) is 37.5 Å². The van der Waals surface area contributed by atoms with Gasteiger partial charge in [-0.05, 0) is 49.4 Å². The number of sulfonamides is 1. The molecule has 1 saturated heterocycles. The van der Waals surface area contributed by atoms with Gasteiger partial charge in [0.25, 0.3) is 0 Å². The van der Waals surface area contributed by atoms with Crippen LogP contribution in [0.3, 0.4) is 0 Å². The van der Waals surface area contributed by atoms with E-state index in [2.05, 4.69) is 10.0 Å². The Morgan fingerprint density at radius 1 is 1.30 bits per heavy atom. The summed E-state index contributed by atoms with van der Waals surface area (Å²) in [6, 6.07) is 5.57. The van der Waals surface area contributed by atoms with Gasteiger partial charge in [-0.3, -0.25) is 4.79 Å². The van der Waals surface area contributed by atoms with Crippen molar-refractivity contribution in [2.75, 3.05) is 25.0 Å². The molecule has 2 aliphatic rings. The molecule has 27 heavy (non-hydrogen) atoms. The van der Waals surface area contributed by atoms with Crippen LogP contribution in [-0.2, 0) is 14.8 Å². The van der Waals surface area contributed by atoms with E-state index in [0.29, 0.717) is 31.6 Å². The van der Waals surface area contributed by atoms with E-state index in [0.717, 1.165) is 12.8 Å². The first-order valence-corrected chi connectivity index (χ1v) is 10.7. The number of carboxylic acid groups (broad SMARTS) is 1. The molecule has 2 amide bonds. The molecular formula is C18H25N3O5S. The fourth-order valence-corrected chi connectivity index (χ4v) is 5.17. The predicted molar refractivity (Wildman–Crippen MR) is 99.9 cm³/mol. The second kappa shape index (κ2) is 7.47. The average molecular weight is 395 g/mol. The number of carboxylic acids is 1. The Labute approximate surface area is 159 Å². The summed E-state index contributed by atoms with van der Waals surface area (Å²) in [6.07, 6.45) is 3.01. The molecule has 2 fully saturated rings. The second-order valence-corrected chi connectivity index (χ2v) is 9.05. The van der Waals surface area contributed by atoms with Crippen LogP contribution in [0.25, 0.3) is 0 Å². The quantitative estimate of drug-likeness (QED) is 0.682. The number of carbonyl (C=O) groups excluding carboxylic acids is 1. The molecule has 2 atom stereocenters. The molecular weight excluding hydrogens is 370 g/mol. The number of benzene rings is 1. The second-order valence-electron chi connectivity index (χ2n) is 7.28. The Hall–Kier alpha value is -2.13. The lowest BCUT2D eigenvalue weighted by Gasteiger charge is -2.23. The van der Waals surface area contributed by atoms with Gasteiger partial charge >= 0.3 is 12.0 Å². The lowest BCUT2D eigenvalue weighted by atomic mass is 9.81. The number of urea groups is 1. The smallest absolute Gasteiger partial charge is 0.321 e. The Bertz CT molecular complexity index is 824. The van der Waals surface area contributed by atoms with Gasteiger partial charge in [-0.2, -0.15) is 0 Å². The molecule has 0 radical (unpaired) electrons. The molecule has 1 saturated carbocycles. The fraction of sp³-hybridized carbons (Fsp3) is 0.556. The van der Waals surface area contributed by atoms with Crippen molar-refractivity contribution in [1.82, 2.24) is 9.62 Å². The van der Waals surface area contributed by atoms with Gasteiger partial charge in [0.15, 0.2) is 0 Å². The molecule has 1 aromatic carbocycles. The van der Waals surface area contributed by atoms with Gasteiger partial charge in [-0.25, -0.2) is 17.9 Å². The van der Waals surface area contributed by atoms with E-state index in [4.69, 9.17) is 0 Å². The summed E-state index contributed by atoms with van der Waals surface area (Å²) in [4.78, 5) is 25.9. The lowest BCUT2D eigenvalue weighted by Crippen LogP contribution is -2.38. The van der Waals surface area contributed by atoms with Crippen LogP contribution in [0.15, 0.2) is 29.2 Å². The molecule has 148 valence electrons. The Morgan fingerprint density at radius 2 is 2.00 bits per heavy atom. The van der Waals surface area contributed by atoms with Crippen LogP contribution in [0.5, 0.6) is 0 Å². The topological polar surface area (TPSA) is 116 Å². The summed E-state index contributed by atoms with van der Waals surface area (Å²) in [5, 5.41) is 12.3. The number of carbonyl (C=O) groups is 2. The first-order chi connectivity index (χ1) is 12.8. The fourth-order valence-electron chi connectivity index (χ4n) is 4.03. The lowest BCUT2D eigenvalue weighted by molar-refractivity contribution is -0.149. The number of fused-ring (bicyclic) bond motifs is 1. The highest BCUT2D eigenvalue weighted by Gasteiger charge is 2.55. The van der Waals surface area contributed by atoms with E-state index < -0.39 is 21.4 Å². The van der Waals surface area contributed by atoms with Gasteiger partial charge in [0, 0.05) is 25.3 Å². The number of hydrogen-bond donors (Lipinski definition) is 3. The summed E-state index contributed by atoms with van der Waals surface area (Å²) < 4.78 is 26.7. The van der Waals surface area contributed by atoms with Crippen molar-refractivity contribution in [2.24, 2.45) is 11.3 Å². The maximum Gasteiger partial charge on any atom is 0.321 e. The van der Waals surface area contributed by atoms with Gasteiger partial charge in [-0.1, -0.05) is 13.3 Å². The number of hydrogen-bond acceptors (Lipinski definition) is 4. The summed E-state index contributed by atoms with van der Waals surface area (Å²) in [7, 11) is -3.55. The Morgan fingerprint density at radius 3 is 2.59 bits per heavy atom. The van der Waals surface area contributed by atoms with Crippen molar-refractivity contribution >= 4 is 27.7 Å². The Kier molecular flexibility index (Phi) is 5.43. The minimum atomic E-state index is -3.55. The van der Waals surface area contributed by atoms with Crippen LogP contribution >= 0.6 is 0 Å². The van der Waals surface area contributed by atoms with E-state index in [1.54, 1.807) is 4.90 Å². The summed E-state index contributed by atoms with van der Waals surface area (Å²) in [6.45, 7) is 2.89. The average Bonchev–Trinajstić information content (AvgIpc) is 3.19. The minimum Gasteiger partial charge on any atom is -0.481 e. The van der Waals surface area contributed by atoms with Crippen molar-refractivity contribution in [3.05, 3.63) is 24.3 Å². The molecule has 9 heteroatoms. The van der Waals surface area contributed by atoms with Crippen molar-refractivity contribution in [3.8, 4) is 0 Å². The number of nitrogens with one attached hydrogen (secondary N) is 2. The third kappa shape index (κ3) is 3.79. The molecule has 3 rings (SSSR count). The normalized spacial score (nSPS) is 24.6. The van der Waals surface area contributed by atoms with Crippen molar-refractivity contribution in [1.29, 1.82) is 0 Å². The molecule has 1 aliphatic heterocycles. The highest BCUT2D eigenvalue weighted by atomic mass is 32.2. The molecule has 0 spiro atoms. The molecule has 8 nitrogen and oxygen atoms in total. The minimum absolute atomic E-state index is 0.00194. The molecule has 1 aliphatic carbocycles. The number of anilines is 1. The van der Waals surface area contributed by atoms with Gasteiger partial charge in [0.05, 0.1) is 10.3 Å². The summed E-state index contributed by atoms with van der Waals surface area (Å²) in [5.41, 5.74) is -0.351. The Balaban J connectivity index is 1.64. The molecule has 3 N–H and O–H groups in total. The van der Waals surface area contributed by atoms with Gasteiger partial charge in [-0.15, -0.1) is 0 Å². The van der Waals surface area contributed by atoms with Crippen LogP contribution in [0.4, 0.5) is 10.5 Å². The van der Waals surface area contributed by atoms with Crippen molar-refractivity contribution in [3.63, 3.8) is 0 Å². The maximum atomic E-state index is 12.5. The molecule has 1 heterocycles. The van der Waals surface area contributed by atoms with Crippen molar-refractivity contribution < 1.29 is 23.1 Å². The van der Waals surface area contributed by atoms with E-state index in [-0.39, 0.29) is 23.4 Å². The largest absolute Gasteiger partial charge is 0.481 e. The zero-order chi connectivity index (χ0) is 19.7. The van der Waals surface area contributed by atoms with Crippen LogP contribution in [-0.4, -0.2) is 50.1 Å². The van der Waals surface area contributed by atoms with Gasteiger partial charge < -0.3 is 15.3 Å². The highest BCUT2D eigenvalue weighted by molar-refractivity contribution is 7.89. The number of likely N-dealkylation sites (tertiary alicyclic amines) is 1. The maximum absolute atomic E-state index is 12.5. The van der Waals surface area contributed by atoms with Gasteiger partial charge in [0.2, 0.25) is 10.0 Å². The van der Waals surface area contributed by atoms with E-state index in [1.165, 1.54) is 24.3 Å². The standard InChI is InChI=1S/C18H25N3O5S/c1-2-10-19-27(25,26)15-7-5-14(6-8-15)20-17(24)21-11-13-4-3-9-18(13,12-21)16(22)23/h5-8,13,19H,2-4,9-12H2,1H3,(H,20,24)(H,22,23)/t13-,18+/m0/s1. The first kappa shape index (κ1) is 19.6. The van der Waals surface area contributed by atoms with Crippen LogP contribution < -0.4 is 10.0 Å². The SMILES string of the molecule is CCCNS(=O)(=O)c1ccc(NC(=O)N2C[C@@H]3CCC[C@@]3(C(=O)O)C2)cc1. The summed E-state index contributed by atoms with van der Waals surface area (Å²) in [5.74, 6) is -0.827. The van der Waals surface area contributed by atoms with Crippen LogP contribution in [0, 0.1) is 11.3 Å². The third-order valence-corrected chi connectivity index (χ3v) is 7.02. The van der Waals surface area contributed by atoms with E-state index in [9.17, 15) is 23.1 Å². The monoisotopic (exact) mass is 395 g/mol. The van der Waals surface area contributed by atoms with Crippen LogP contribution in [0.2, 0.25) is 0 Å². The number of aliphatic carboxylic acids is 1. The zero-order valence-electron chi connectivity index (χ0n) is 15.3. The molecule has 0 bridgehead atoms. The van der Waals surface area contributed by atoms with E-state index in [1.807, 2.05) is 6.92 Å². The molecule has 0 unspecified atom stereocenters. The predicted octanol–water partition coefficient (Wildman–Crippen LogP) is 2.09. The molecule has 1 aromatic rings. The molecule has 0 aromatic heterocycles. The number of rotatable bonds is 6. The van der Waals surface area contributed by atoms with Gasteiger partial charge in [0.1, 0.15) is 0 Å². The third-order valence-electron chi connectivity index (χ3n) is 5.54.